The molecule has 1 N–H and O–H groups in total. The second kappa shape index (κ2) is 6.80. The lowest BCUT2D eigenvalue weighted by Crippen LogP contribution is -2.46. The lowest BCUT2D eigenvalue weighted by molar-refractivity contribution is 0.102. The number of likely N-dealkylation sites (tertiary alicyclic amines) is 1. The van der Waals surface area contributed by atoms with E-state index < -0.39 is 0 Å². The number of hydrogen-bond acceptors (Lipinski definition) is 3. The fraction of sp³-hybridized carbons (Fsp3) is 0.667. The summed E-state index contributed by atoms with van der Waals surface area (Å²) in [6, 6.07) is 9.76. The summed E-state index contributed by atoms with van der Waals surface area (Å²) in [5.74, 6) is 1.90. The Morgan fingerprint density at radius 3 is 2.67 bits per heavy atom. The maximum Gasteiger partial charge on any atom is 0.118 e. The molecule has 1 saturated heterocycles. The molecule has 0 spiro atoms. The highest BCUT2D eigenvalue weighted by Gasteiger charge is 2.35. The van der Waals surface area contributed by atoms with Crippen molar-refractivity contribution in [2.75, 3.05) is 27.2 Å². The predicted octanol–water partition coefficient (Wildman–Crippen LogP) is 3.22. The van der Waals surface area contributed by atoms with Gasteiger partial charge in [0.05, 0.1) is 7.11 Å². The molecule has 0 aromatic heterocycles. The average molecular weight is 288 g/mol. The summed E-state index contributed by atoms with van der Waals surface area (Å²) in [7, 11) is 3.80. The summed E-state index contributed by atoms with van der Waals surface area (Å²) >= 11 is 0. The van der Waals surface area contributed by atoms with Crippen LogP contribution >= 0.6 is 0 Å². The quantitative estimate of drug-likeness (QED) is 0.900. The largest absolute Gasteiger partial charge is 0.497 e. The first-order chi connectivity index (χ1) is 10.3. The summed E-state index contributed by atoms with van der Waals surface area (Å²) in [4.78, 5) is 2.74. The Morgan fingerprint density at radius 2 is 1.95 bits per heavy atom. The Bertz CT molecular complexity index is 445. The van der Waals surface area contributed by atoms with E-state index in [1.165, 1.54) is 44.2 Å². The third-order valence-corrected chi connectivity index (χ3v) is 5.39. The van der Waals surface area contributed by atoms with Crippen LogP contribution in [0.5, 0.6) is 5.75 Å². The first-order valence-electron chi connectivity index (χ1n) is 8.37. The van der Waals surface area contributed by atoms with Gasteiger partial charge in [-0.1, -0.05) is 18.6 Å². The predicted molar refractivity (Wildman–Crippen MR) is 86.7 cm³/mol. The maximum absolute atomic E-state index is 5.26. The summed E-state index contributed by atoms with van der Waals surface area (Å²) in [6.45, 7) is 2.40. The number of ether oxygens (including phenoxy) is 1. The Hall–Kier alpha value is -1.06. The zero-order valence-corrected chi connectivity index (χ0v) is 13.3. The monoisotopic (exact) mass is 288 g/mol. The SMILES string of the molecule is CNC(CN1CCCC2CCCC21)c1ccc(OC)cc1. The Balaban J connectivity index is 1.68. The summed E-state index contributed by atoms with van der Waals surface area (Å²) in [5, 5.41) is 3.50. The molecule has 3 atom stereocenters. The fourth-order valence-electron chi connectivity index (χ4n) is 4.22. The molecule has 0 bridgehead atoms. The van der Waals surface area contributed by atoms with E-state index >= 15 is 0 Å². The van der Waals surface area contributed by atoms with E-state index in [1.807, 2.05) is 0 Å². The van der Waals surface area contributed by atoms with Crippen LogP contribution in [0, 0.1) is 5.92 Å². The molecule has 1 aromatic rings. The van der Waals surface area contributed by atoms with Gasteiger partial charge in [-0.3, -0.25) is 4.90 Å². The van der Waals surface area contributed by atoms with Crippen molar-refractivity contribution in [1.29, 1.82) is 0 Å². The van der Waals surface area contributed by atoms with Gasteiger partial charge < -0.3 is 10.1 Å². The summed E-state index contributed by atoms with van der Waals surface area (Å²) < 4.78 is 5.26. The van der Waals surface area contributed by atoms with Crippen LogP contribution in [0.4, 0.5) is 0 Å². The van der Waals surface area contributed by atoms with Crippen molar-refractivity contribution in [3.05, 3.63) is 29.8 Å². The maximum atomic E-state index is 5.26. The number of nitrogens with one attached hydrogen (secondary N) is 1. The molecule has 116 valence electrons. The van der Waals surface area contributed by atoms with Crippen LogP contribution in [0.25, 0.3) is 0 Å². The molecule has 1 aliphatic carbocycles. The summed E-state index contributed by atoms with van der Waals surface area (Å²) in [6.07, 6.45) is 7.12. The number of likely N-dealkylation sites (N-methyl/N-ethyl adjacent to an activating group) is 1. The lowest BCUT2D eigenvalue weighted by Gasteiger charge is -2.39. The number of piperidine rings is 1. The van der Waals surface area contributed by atoms with Gasteiger partial charge >= 0.3 is 0 Å². The third-order valence-electron chi connectivity index (χ3n) is 5.39. The molecule has 2 aliphatic rings. The van der Waals surface area contributed by atoms with Crippen molar-refractivity contribution in [2.24, 2.45) is 5.92 Å². The van der Waals surface area contributed by atoms with Crippen molar-refractivity contribution >= 4 is 0 Å². The highest BCUT2D eigenvalue weighted by Crippen LogP contribution is 2.37. The van der Waals surface area contributed by atoms with E-state index in [-0.39, 0.29) is 0 Å². The second-order valence-corrected chi connectivity index (χ2v) is 6.51. The number of methoxy groups -OCH3 is 1. The van der Waals surface area contributed by atoms with Crippen molar-refractivity contribution in [2.45, 2.75) is 44.2 Å². The molecule has 1 aliphatic heterocycles. The Labute approximate surface area is 128 Å². The van der Waals surface area contributed by atoms with Gasteiger partial charge in [-0.05, 0) is 62.9 Å². The molecular formula is C18H28N2O. The zero-order valence-electron chi connectivity index (χ0n) is 13.3. The Kier molecular flexibility index (Phi) is 4.81. The van der Waals surface area contributed by atoms with Crippen LogP contribution < -0.4 is 10.1 Å². The molecule has 1 heterocycles. The molecule has 21 heavy (non-hydrogen) atoms. The van der Waals surface area contributed by atoms with Crippen LogP contribution in [0.2, 0.25) is 0 Å². The van der Waals surface area contributed by atoms with Crippen LogP contribution in [0.15, 0.2) is 24.3 Å². The van der Waals surface area contributed by atoms with Crippen molar-refractivity contribution < 1.29 is 4.74 Å². The minimum absolute atomic E-state index is 0.412. The molecule has 2 fully saturated rings. The van der Waals surface area contributed by atoms with Crippen molar-refractivity contribution in [3.63, 3.8) is 0 Å². The number of rotatable bonds is 5. The number of hydrogen-bond donors (Lipinski definition) is 1. The Morgan fingerprint density at radius 1 is 1.19 bits per heavy atom. The molecule has 1 saturated carbocycles. The van der Waals surface area contributed by atoms with Crippen LogP contribution in [-0.2, 0) is 0 Å². The minimum atomic E-state index is 0.412. The first kappa shape index (κ1) is 14.9. The molecule has 1 aromatic carbocycles. The van der Waals surface area contributed by atoms with Gasteiger partial charge in [-0.25, -0.2) is 0 Å². The van der Waals surface area contributed by atoms with Crippen molar-refractivity contribution in [3.8, 4) is 5.75 Å². The standard InChI is InChI=1S/C18H28N2O/c1-19-17(14-8-10-16(21-2)11-9-14)13-20-12-4-6-15-5-3-7-18(15)20/h8-11,15,17-19H,3-7,12-13H2,1-2H3. The molecular weight excluding hydrogens is 260 g/mol. The highest BCUT2D eigenvalue weighted by atomic mass is 16.5. The number of nitrogens with zero attached hydrogens (tertiary/aromatic N) is 1. The van der Waals surface area contributed by atoms with E-state index in [0.29, 0.717) is 6.04 Å². The summed E-state index contributed by atoms with van der Waals surface area (Å²) in [5.41, 5.74) is 1.36. The topological polar surface area (TPSA) is 24.5 Å². The molecule has 3 rings (SSSR count). The highest BCUT2D eigenvalue weighted by molar-refractivity contribution is 5.29. The molecule has 3 nitrogen and oxygen atoms in total. The first-order valence-corrected chi connectivity index (χ1v) is 8.37. The zero-order chi connectivity index (χ0) is 14.7. The molecule has 0 amide bonds. The van der Waals surface area contributed by atoms with E-state index in [2.05, 4.69) is 41.5 Å². The van der Waals surface area contributed by atoms with Crippen molar-refractivity contribution in [1.82, 2.24) is 10.2 Å². The van der Waals surface area contributed by atoms with Gasteiger partial charge in [0.2, 0.25) is 0 Å². The smallest absolute Gasteiger partial charge is 0.118 e. The van der Waals surface area contributed by atoms with Gasteiger partial charge in [-0.15, -0.1) is 0 Å². The third kappa shape index (κ3) is 3.24. The van der Waals surface area contributed by atoms with Crippen LogP contribution in [0.3, 0.4) is 0 Å². The van der Waals surface area contributed by atoms with Crippen LogP contribution in [-0.4, -0.2) is 38.2 Å². The average Bonchev–Trinajstić information content (AvgIpc) is 3.02. The normalized spacial score (nSPS) is 27.3. The second-order valence-electron chi connectivity index (χ2n) is 6.51. The molecule has 0 radical (unpaired) electrons. The van der Waals surface area contributed by atoms with Gasteiger partial charge in [0.15, 0.2) is 0 Å². The number of fused-ring (bicyclic) bond motifs is 1. The number of benzene rings is 1. The van der Waals surface area contributed by atoms with Crippen LogP contribution in [0.1, 0.15) is 43.7 Å². The van der Waals surface area contributed by atoms with E-state index in [9.17, 15) is 0 Å². The van der Waals surface area contributed by atoms with Gasteiger partial charge in [-0.2, -0.15) is 0 Å². The van der Waals surface area contributed by atoms with E-state index in [4.69, 9.17) is 4.74 Å². The fourth-order valence-corrected chi connectivity index (χ4v) is 4.22. The molecule has 3 unspecified atom stereocenters. The molecule has 3 heteroatoms. The van der Waals surface area contributed by atoms with Gasteiger partial charge in [0, 0.05) is 18.6 Å². The minimum Gasteiger partial charge on any atom is -0.497 e. The van der Waals surface area contributed by atoms with Gasteiger partial charge in [0.25, 0.3) is 0 Å². The van der Waals surface area contributed by atoms with E-state index in [0.717, 1.165) is 24.3 Å². The lowest BCUT2D eigenvalue weighted by atomic mass is 9.91. The van der Waals surface area contributed by atoms with E-state index in [1.54, 1.807) is 7.11 Å². The van der Waals surface area contributed by atoms with Gasteiger partial charge in [0.1, 0.15) is 5.75 Å².